The predicted molar refractivity (Wildman–Crippen MR) is 92.2 cm³/mol. The summed E-state index contributed by atoms with van der Waals surface area (Å²) in [5.74, 6) is -1.12. The average molecular weight is 345 g/mol. The number of carbonyl (C=O) groups is 1. The number of nitrogens with one attached hydrogen (secondary N) is 1. The Bertz CT molecular complexity index is 932. The molecule has 0 atom stereocenters. The second kappa shape index (κ2) is 5.94. The molecule has 1 aliphatic carbocycles. The fourth-order valence-corrected chi connectivity index (χ4v) is 4.53. The lowest BCUT2D eigenvalue weighted by Crippen LogP contribution is -2.17. The number of carboxylic acid groups (broad SMARTS) is 1. The third kappa shape index (κ3) is 3.01. The largest absolute Gasteiger partial charge is 0.478 e. The number of anilines is 1. The van der Waals surface area contributed by atoms with Crippen molar-refractivity contribution < 1.29 is 18.3 Å². The van der Waals surface area contributed by atoms with Crippen LogP contribution in [0.3, 0.4) is 0 Å². The Morgan fingerprint density at radius 3 is 2.58 bits per heavy atom. The summed E-state index contributed by atoms with van der Waals surface area (Å²) in [4.78, 5) is 11.4. The van der Waals surface area contributed by atoms with E-state index in [1.165, 1.54) is 6.07 Å². The highest BCUT2D eigenvalue weighted by atomic mass is 32.2. The van der Waals surface area contributed by atoms with Crippen molar-refractivity contribution in [2.75, 3.05) is 4.72 Å². The summed E-state index contributed by atoms with van der Waals surface area (Å²) in [7, 11) is -3.85. The molecule has 126 valence electrons. The molecule has 0 radical (unpaired) electrons. The van der Waals surface area contributed by atoms with Crippen molar-refractivity contribution in [3.8, 4) is 0 Å². The Balaban J connectivity index is 2.10. The van der Waals surface area contributed by atoms with E-state index in [0.717, 1.165) is 28.7 Å². The molecular formula is C18H19NO4S. The Morgan fingerprint density at radius 1 is 1.12 bits per heavy atom. The molecule has 0 bridgehead atoms. The number of aromatic carboxylic acids is 1. The van der Waals surface area contributed by atoms with Crippen molar-refractivity contribution in [1.29, 1.82) is 0 Å². The zero-order valence-corrected chi connectivity index (χ0v) is 14.4. The Kier molecular flexibility index (Phi) is 4.09. The average Bonchev–Trinajstić information content (AvgIpc) is 2.97. The summed E-state index contributed by atoms with van der Waals surface area (Å²) in [6.07, 6.45) is 2.20. The first kappa shape index (κ1) is 16.5. The molecule has 2 N–H and O–H groups in total. The first-order valence-electron chi connectivity index (χ1n) is 7.77. The highest BCUT2D eigenvalue weighted by Gasteiger charge is 2.26. The van der Waals surface area contributed by atoms with E-state index in [4.69, 9.17) is 0 Å². The van der Waals surface area contributed by atoms with E-state index in [0.29, 0.717) is 18.5 Å². The smallest absolute Gasteiger partial charge is 0.335 e. The third-order valence-electron chi connectivity index (χ3n) is 4.35. The van der Waals surface area contributed by atoms with Crippen LogP contribution in [-0.2, 0) is 22.9 Å². The Morgan fingerprint density at radius 2 is 1.88 bits per heavy atom. The molecule has 0 saturated carbocycles. The molecule has 0 aromatic heterocycles. The Hall–Kier alpha value is -2.34. The van der Waals surface area contributed by atoms with Crippen LogP contribution >= 0.6 is 0 Å². The van der Waals surface area contributed by atoms with Gasteiger partial charge in [-0.1, -0.05) is 12.1 Å². The summed E-state index contributed by atoms with van der Waals surface area (Å²) in [6, 6.07) is 8.39. The van der Waals surface area contributed by atoms with Gasteiger partial charge >= 0.3 is 5.97 Å². The minimum absolute atomic E-state index is 0.0111. The lowest BCUT2D eigenvalue weighted by molar-refractivity contribution is 0.0696. The first-order valence-corrected chi connectivity index (χ1v) is 9.25. The topological polar surface area (TPSA) is 83.5 Å². The number of sulfonamides is 1. The summed E-state index contributed by atoms with van der Waals surface area (Å²) >= 11 is 0. The van der Waals surface area contributed by atoms with Gasteiger partial charge in [-0.2, -0.15) is 0 Å². The molecule has 0 amide bonds. The second-order valence-electron chi connectivity index (χ2n) is 6.19. The van der Waals surface area contributed by atoms with Crippen molar-refractivity contribution >= 4 is 21.7 Å². The van der Waals surface area contributed by atoms with Gasteiger partial charge in [0, 0.05) is 0 Å². The number of aryl methyl sites for hydroxylation is 3. The molecule has 5 nitrogen and oxygen atoms in total. The van der Waals surface area contributed by atoms with Gasteiger partial charge < -0.3 is 5.11 Å². The quantitative estimate of drug-likeness (QED) is 0.890. The van der Waals surface area contributed by atoms with Crippen molar-refractivity contribution in [2.45, 2.75) is 38.0 Å². The van der Waals surface area contributed by atoms with Crippen LogP contribution in [0.2, 0.25) is 0 Å². The molecule has 2 aromatic carbocycles. The zero-order valence-electron chi connectivity index (χ0n) is 13.6. The SMILES string of the molecule is Cc1ccc(C)c(NS(=O)(=O)c2cc(C(=O)O)cc3c2CCC3)c1. The van der Waals surface area contributed by atoms with Gasteiger partial charge in [0.1, 0.15) is 0 Å². The number of fused-ring (bicyclic) bond motifs is 1. The van der Waals surface area contributed by atoms with Gasteiger partial charge in [-0.15, -0.1) is 0 Å². The number of rotatable bonds is 4. The van der Waals surface area contributed by atoms with Crippen LogP contribution in [0, 0.1) is 13.8 Å². The number of hydrogen-bond acceptors (Lipinski definition) is 3. The van der Waals surface area contributed by atoms with Crippen molar-refractivity contribution in [3.05, 3.63) is 58.1 Å². The van der Waals surface area contributed by atoms with Gasteiger partial charge in [-0.3, -0.25) is 4.72 Å². The van der Waals surface area contributed by atoms with Crippen molar-refractivity contribution in [2.24, 2.45) is 0 Å². The lowest BCUT2D eigenvalue weighted by atomic mass is 10.1. The molecule has 6 heteroatoms. The van der Waals surface area contributed by atoms with Crippen molar-refractivity contribution in [1.82, 2.24) is 0 Å². The molecule has 0 fully saturated rings. The van der Waals surface area contributed by atoms with Crippen LogP contribution in [-0.4, -0.2) is 19.5 Å². The first-order chi connectivity index (χ1) is 11.3. The third-order valence-corrected chi connectivity index (χ3v) is 5.78. The van der Waals surface area contributed by atoms with Crippen LogP contribution in [0.15, 0.2) is 35.2 Å². The van der Waals surface area contributed by atoms with E-state index in [1.807, 2.05) is 26.0 Å². The molecule has 0 unspecified atom stereocenters. The molecule has 24 heavy (non-hydrogen) atoms. The highest BCUT2D eigenvalue weighted by molar-refractivity contribution is 7.92. The molecule has 3 rings (SSSR count). The van der Waals surface area contributed by atoms with E-state index in [9.17, 15) is 18.3 Å². The van der Waals surface area contributed by atoms with Crippen molar-refractivity contribution in [3.63, 3.8) is 0 Å². The minimum Gasteiger partial charge on any atom is -0.478 e. The van der Waals surface area contributed by atoms with Crippen LogP contribution in [0.5, 0.6) is 0 Å². The van der Waals surface area contributed by atoms with Gasteiger partial charge in [0.25, 0.3) is 10.0 Å². The van der Waals surface area contributed by atoms with Gasteiger partial charge in [0.05, 0.1) is 16.1 Å². The monoisotopic (exact) mass is 345 g/mol. The molecule has 0 heterocycles. The number of carboxylic acids is 1. The fourth-order valence-electron chi connectivity index (χ4n) is 3.07. The molecule has 1 aliphatic rings. The summed E-state index contributed by atoms with van der Waals surface area (Å²) < 4.78 is 28.4. The van der Waals surface area contributed by atoms with Gasteiger partial charge in [0.15, 0.2) is 0 Å². The number of hydrogen-bond donors (Lipinski definition) is 2. The maximum absolute atomic E-state index is 12.9. The normalized spacial score (nSPS) is 13.6. The van der Waals surface area contributed by atoms with Crippen LogP contribution in [0.1, 0.15) is 39.0 Å². The van der Waals surface area contributed by atoms with E-state index < -0.39 is 16.0 Å². The summed E-state index contributed by atoms with van der Waals surface area (Å²) in [6.45, 7) is 3.72. The molecule has 0 spiro atoms. The molecule has 2 aromatic rings. The van der Waals surface area contributed by atoms with E-state index >= 15 is 0 Å². The minimum atomic E-state index is -3.85. The van der Waals surface area contributed by atoms with Crippen LogP contribution in [0.4, 0.5) is 5.69 Å². The summed E-state index contributed by atoms with van der Waals surface area (Å²) in [5, 5.41) is 9.26. The van der Waals surface area contributed by atoms with Gasteiger partial charge in [-0.25, -0.2) is 13.2 Å². The summed E-state index contributed by atoms with van der Waals surface area (Å²) in [5.41, 5.74) is 3.84. The van der Waals surface area contributed by atoms with Gasteiger partial charge in [0.2, 0.25) is 0 Å². The number of benzene rings is 2. The molecular weight excluding hydrogens is 326 g/mol. The maximum Gasteiger partial charge on any atom is 0.335 e. The van der Waals surface area contributed by atoms with E-state index in [1.54, 1.807) is 12.1 Å². The lowest BCUT2D eigenvalue weighted by Gasteiger charge is -2.15. The maximum atomic E-state index is 12.9. The van der Waals surface area contributed by atoms with Gasteiger partial charge in [-0.05, 0) is 73.6 Å². The predicted octanol–water partition coefficient (Wildman–Crippen LogP) is 3.29. The highest BCUT2D eigenvalue weighted by Crippen LogP contribution is 2.31. The molecule has 0 aliphatic heterocycles. The standard InChI is InChI=1S/C18H19NO4S/c1-11-6-7-12(2)16(8-11)19-24(22,23)17-10-14(18(20)21)9-13-4-3-5-15(13)17/h6-10,19H,3-5H2,1-2H3,(H,20,21). The fraction of sp³-hybridized carbons (Fsp3) is 0.278. The van der Waals surface area contributed by atoms with Crippen LogP contribution in [0.25, 0.3) is 0 Å². The Labute approximate surface area is 141 Å². The molecule has 0 saturated heterocycles. The van der Waals surface area contributed by atoms with E-state index in [2.05, 4.69) is 4.72 Å². The zero-order chi connectivity index (χ0) is 17.5. The van der Waals surface area contributed by atoms with E-state index in [-0.39, 0.29) is 10.5 Å². The van der Waals surface area contributed by atoms with Crippen LogP contribution < -0.4 is 4.72 Å². The second-order valence-corrected chi connectivity index (χ2v) is 7.85.